The summed E-state index contributed by atoms with van der Waals surface area (Å²) in [5.74, 6) is 0.523. The van der Waals surface area contributed by atoms with Gasteiger partial charge in [-0.15, -0.1) is 0 Å². The van der Waals surface area contributed by atoms with Gasteiger partial charge in [-0.2, -0.15) is 0 Å². The lowest BCUT2D eigenvalue weighted by molar-refractivity contribution is -0.133. The second-order valence-corrected chi connectivity index (χ2v) is 4.27. The van der Waals surface area contributed by atoms with Crippen LogP contribution >= 0.6 is 11.6 Å². The number of halogens is 1. The first-order valence-electron chi connectivity index (χ1n) is 5.38. The SMILES string of the molecule is CC(CN)N(C)C(=O)COc1ccc(Cl)cc1. The first kappa shape index (κ1) is 13.8. The van der Waals surface area contributed by atoms with Crippen LogP contribution in [0.15, 0.2) is 24.3 Å². The third-order valence-electron chi connectivity index (χ3n) is 2.57. The van der Waals surface area contributed by atoms with E-state index in [4.69, 9.17) is 22.1 Å². The summed E-state index contributed by atoms with van der Waals surface area (Å²) in [5.41, 5.74) is 5.49. The van der Waals surface area contributed by atoms with Crippen molar-refractivity contribution in [2.24, 2.45) is 5.73 Å². The molecule has 94 valence electrons. The predicted molar refractivity (Wildman–Crippen MR) is 68.2 cm³/mol. The maximum atomic E-state index is 11.7. The summed E-state index contributed by atoms with van der Waals surface area (Å²) in [7, 11) is 1.71. The molecule has 1 unspecified atom stereocenters. The van der Waals surface area contributed by atoms with Gasteiger partial charge in [-0.3, -0.25) is 4.79 Å². The highest BCUT2D eigenvalue weighted by Crippen LogP contribution is 2.15. The van der Waals surface area contributed by atoms with E-state index in [2.05, 4.69) is 0 Å². The summed E-state index contributed by atoms with van der Waals surface area (Å²) in [5, 5.41) is 0.637. The molecule has 0 aliphatic heterocycles. The molecule has 0 saturated carbocycles. The maximum absolute atomic E-state index is 11.7. The molecule has 0 aliphatic rings. The van der Waals surface area contributed by atoms with Crippen molar-refractivity contribution < 1.29 is 9.53 Å². The summed E-state index contributed by atoms with van der Waals surface area (Å²) in [6.45, 7) is 2.33. The fraction of sp³-hybridized carbons (Fsp3) is 0.417. The van der Waals surface area contributed by atoms with Gasteiger partial charge in [-0.1, -0.05) is 11.6 Å². The van der Waals surface area contributed by atoms with E-state index < -0.39 is 0 Å². The van der Waals surface area contributed by atoms with Gasteiger partial charge < -0.3 is 15.4 Å². The van der Waals surface area contributed by atoms with Crippen molar-refractivity contribution >= 4 is 17.5 Å². The molecule has 0 saturated heterocycles. The Labute approximate surface area is 106 Å². The van der Waals surface area contributed by atoms with Crippen molar-refractivity contribution in [2.45, 2.75) is 13.0 Å². The Morgan fingerprint density at radius 1 is 1.47 bits per heavy atom. The molecule has 4 nitrogen and oxygen atoms in total. The number of amides is 1. The number of nitrogens with zero attached hydrogens (tertiary/aromatic N) is 1. The second-order valence-electron chi connectivity index (χ2n) is 3.83. The first-order chi connectivity index (χ1) is 8.04. The third-order valence-corrected chi connectivity index (χ3v) is 2.82. The van der Waals surface area contributed by atoms with Gasteiger partial charge in [0.05, 0.1) is 0 Å². The van der Waals surface area contributed by atoms with Crippen molar-refractivity contribution in [3.8, 4) is 5.75 Å². The van der Waals surface area contributed by atoms with Crippen molar-refractivity contribution in [3.05, 3.63) is 29.3 Å². The molecule has 0 aromatic heterocycles. The average Bonchev–Trinajstić information content (AvgIpc) is 2.35. The monoisotopic (exact) mass is 256 g/mol. The molecule has 0 spiro atoms. The largest absolute Gasteiger partial charge is 0.484 e. The maximum Gasteiger partial charge on any atom is 0.260 e. The molecule has 0 radical (unpaired) electrons. The lowest BCUT2D eigenvalue weighted by atomic mass is 10.3. The average molecular weight is 257 g/mol. The van der Waals surface area contributed by atoms with Gasteiger partial charge >= 0.3 is 0 Å². The molecule has 0 fully saturated rings. The number of likely N-dealkylation sites (N-methyl/N-ethyl adjacent to an activating group) is 1. The Balaban J connectivity index is 2.45. The molecule has 17 heavy (non-hydrogen) atoms. The number of ether oxygens (including phenoxy) is 1. The summed E-state index contributed by atoms with van der Waals surface area (Å²) in [6.07, 6.45) is 0. The quantitative estimate of drug-likeness (QED) is 0.869. The zero-order chi connectivity index (χ0) is 12.8. The zero-order valence-corrected chi connectivity index (χ0v) is 10.8. The van der Waals surface area contributed by atoms with Crippen LogP contribution in [0.2, 0.25) is 5.02 Å². The van der Waals surface area contributed by atoms with Gasteiger partial charge in [-0.05, 0) is 31.2 Å². The number of carbonyl (C=O) groups is 1. The van der Waals surface area contributed by atoms with E-state index >= 15 is 0 Å². The number of hydrogen-bond acceptors (Lipinski definition) is 3. The minimum absolute atomic E-state index is 0.00245. The molecule has 1 aromatic rings. The van der Waals surface area contributed by atoms with Gasteiger partial charge in [0.15, 0.2) is 6.61 Å². The van der Waals surface area contributed by atoms with Gasteiger partial charge in [-0.25, -0.2) is 0 Å². The minimum Gasteiger partial charge on any atom is -0.484 e. The van der Waals surface area contributed by atoms with E-state index in [1.165, 1.54) is 0 Å². The molecular formula is C12H17ClN2O2. The summed E-state index contributed by atoms with van der Waals surface area (Å²) < 4.78 is 5.35. The van der Waals surface area contributed by atoms with Gasteiger partial charge in [0.2, 0.25) is 0 Å². The summed E-state index contributed by atoms with van der Waals surface area (Å²) >= 11 is 5.74. The highest BCUT2D eigenvalue weighted by atomic mass is 35.5. The Morgan fingerprint density at radius 2 is 2.06 bits per heavy atom. The number of carbonyl (C=O) groups excluding carboxylic acids is 1. The first-order valence-corrected chi connectivity index (χ1v) is 5.76. The van der Waals surface area contributed by atoms with Gasteiger partial charge in [0.1, 0.15) is 5.75 Å². The second kappa shape index (κ2) is 6.47. The normalized spacial score (nSPS) is 12.0. The molecule has 0 heterocycles. The molecule has 5 heteroatoms. The number of hydrogen-bond donors (Lipinski definition) is 1. The molecular weight excluding hydrogens is 240 g/mol. The van der Waals surface area contributed by atoms with Crippen LogP contribution in [-0.2, 0) is 4.79 Å². The van der Waals surface area contributed by atoms with Crippen molar-refractivity contribution in [1.29, 1.82) is 0 Å². The van der Waals surface area contributed by atoms with Crippen molar-refractivity contribution in [3.63, 3.8) is 0 Å². The van der Waals surface area contributed by atoms with Crippen LogP contribution < -0.4 is 10.5 Å². The standard InChI is InChI=1S/C12H17ClN2O2/c1-9(7-14)15(2)12(16)8-17-11-5-3-10(13)4-6-11/h3-6,9H,7-8,14H2,1-2H3. The minimum atomic E-state index is -0.0992. The molecule has 1 amide bonds. The van der Waals surface area contributed by atoms with E-state index in [0.717, 1.165) is 0 Å². The number of rotatable bonds is 5. The topological polar surface area (TPSA) is 55.6 Å². The van der Waals surface area contributed by atoms with E-state index in [0.29, 0.717) is 17.3 Å². The van der Waals surface area contributed by atoms with E-state index in [-0.39, 0.29) is 18.6 Å². The van der Waals surface area contributed by atoms with Crippen LogP contribution in [0.3, 0.4) is 0 Å². The highest BCUT2D eigenvalue weighted by molar-refractivity contribution is 6.30. The van der Waals surface area contributed by atoms with Crippen LogP contribution in [0.4, 0.5) is 0 Å². The Morgan fingerprint density at radius 3 is 2.59 bits per heavy atom. The number of benzene rings is 1. The number of nitrogens with two attached hydrogens (primary N) is 1. The Bertz CT molecular complexity index is 367. The zero-order valence-electron chi connectivity index (χ0n) is 10.0. The molecule has 1 aromatic carbocycles. The van der Waals surface area contributed by atoms with Crippen LogP contribution in [0, 0.1) is 0 Å². The van der Waals surface area contributed by atoms with Gasteiger partial charge in [0.25, 0.3) is 5.91 Å². The van der Waals surface area contributed by atoms with E-state index in [1.807, 2.05) is 6.92 Å². The molecule has 1 atom stereocenters. The Kier molecular flexibility index (Phi) is 5.25. The van der Waals surface area contributed by atoms with Gasteiger partial charge in [0, 0.05) is 24.7 Å². The molecule has 2 N–H and O–H groups in total. The van der Waals surface area contributed by atoms with E-state index in [9.17, 15) is 4.79 Å². The molecule has 0 aliphatic carbocycles. The van der Waals surface area contributed by atoms with E-state index in [1.54, 1.807) is 36.2 Å². The lowest BCUT2D eigenvalue weighted by Gasteiger charge is -2.23. The Hall–Kier alpha value is -1.26. The van der Waals surface area contributed by atoms with Crippen LogP contribution in [0.1, 0.15) is 6.92 Å². The molecule has 0 bridgehead atoms. The summed E-state index contributed by atoms with van der Waals surface area (Å²) in [4.78, 5) is 13.3. The van der Waals surface area contributed by atoms with Crippen molar-refractivity contribution in [2.75, 3.05) is 20.2 Å². The van der Waals surface area contributed by atoms with Crippen molar-refractivity contribution in [1.82, 2.24) is 4.90 Å². The fourth-order valence-corrected chi connectivity index (χ4v) is 1.31. The smallest absolute Gasteiger partial charge is 0.260 e. The van der Waals surface area contributed by atoms with Crippen LogP contribution in [-0.4, -0.2) is 37.0 Å². The highest BCUT2D eigenvalue weighted by Gasteiger charge is 2.14. The van der Waals surface area contributed by atoms with Crippen LogP contribution in [0.5, 0.6) is 5.75 Å². The summed E-state index contributed by atoms with van der Waals surface area (Å²) in [6, 6.07) is 6.89. The third kappa shape index (κ3) is 4.24. The lowest BCUT2D eigenvalue weighted by Crippen LogP contribution is -2.42. The molecule has 1 rings (SSSR count). The fourth-order valence-electron chi connectivity index (χ4n) is 1.18. The van der Waals surface area contributed by atoms with Crippen LogP contribution in [0.25, 0.3) is 0 Å². The predicted octanol–water partition coefficient (Wildman–Crippen LogP) is 1.52.